The molecule has 20 heavy (non-hydrogen) atoms. The van der Waals surface area contributed by atoms with Gasteiger partial charge in [0.1, 0.15) is 0 Å². The maximum atomic E-state index is 11.8. The molecule has 0 bridgehead atoms. The molecule has 2 N–H and O–H groups in total. The Balaban J connectivity index is 1.82. The van der Waals surface area contributed by atoms with Crippen LogP contribution in [0.3, 0.4) is 0 Å². The quantitative estimate of drug-likeness (QED) is 0.807. The third-order valence-corrected chi connectivity index (χ3v) is 3.76. The molecule has 0 fully saturated rings. The van der Waals surface area contributed by atoms with Crippen LogP contribution < -0.4 is 10.6 Å². The summed E-state index contributed by atoms with van der Waals surface area (Å²) in [7, 11) is 0. The fourth-order valence-electron chi connectivity index (χ4n) is 1.77. The van der Waals surface area contributed by atoms with E-state index in [-0.39, 0.29) is 10.9 Å². The molecule has 4 heteroatoms. The minimum atomic E-state index is -0.200. The topological polar surface area (TPSA) is 41.1 Å². The van der Waals surface area contributed by atoms with Gasteiger partial charge in [-0.15, -0.1) is 0 Å². The van der Waals surface area contributed by atoms with Crippen molar-refractivity contribution in [2.75, 3.05) is 11.9 Å². The molecule has 0 saturated heterocycles. The molecule has 2 aromatic rings. The summed E-state index contributed by atoms with van der Waals surface area (Å²) in [6, 6.07) is 17.5. The number of amides is 2. The highest BCUT2D eigenvalue weighted by Crippen LogP contribution is 2.21. The predicted octanol–water partition coefficient (Wildman–Crippen LogP) is 4.25. The SMILES string of the molecule is Cc1ccc(NC(=O)NCC(Br)c2ccccc2)cc1. The van der Waals surface area contributed by atoms with E-state index in [9.17, 15) is 4.79 Å². The average Bonchev–Trinajstić information content (AvgIpc) is 2.48. The highest BCUT2D eigenvalue weighted by Gasteiger charge is 2.08. The fraction of sp³-hybridized carbons (Fsp3) is 0.188. The van der Waals surface area contributed by atoms with Crippen LogP contribution in [0.5, 0.6) is 0 Å². The van der Waals surface area contributed by atoms with E-state index in [1.165, 1.54) is 5.56 Å². The summed E-state index contributed by atoms with van der Waals surface area (Å²) in [6.07, 6.45) is 0. The molecule has 2 aromatic carbocycles. The van der Waals surface area contributed by atoms with Gasteiger partial charge in [0.15, 0.2) is 0 Å². The van der Waals surface area contributed by atoms with Crippen molar-refractivity contribution in [3.63, 3.8) is 0 Å². The van der Waals surface area contributed by atoms with E-state index >= 15 is 0 Å². The minimum Gasteiger partial charge on any atom is -0.336 e. The summed E-state index contributed by atoms with van der Waals surface area (Å²) < 4.78 is 0. The Morgan fingerprint density at radius 1 is 1.10 bits per heavy atom. The first-order valence-corrected chi connectivity index (χ1v) is 7.37. The molecular weight excluding hydrogens is 316 g/mol. The van der Waals surface area contributed by atoms with Gasteiger partial charge in [0.05, 0.1) is 4.83 Å². The van der Waals surface area contributed by atoms with Gasteiger partial charge in [0.25, 0.3) is 0 Å². The number of aryl methyl sites for hydroxylation is 1. The molecule has 1 unspecified atom stereocenters. The summed E-state index contributed by atoms with van der Waals surface area (Å²) >= 11 is 3.57. The van der Waals surface area contributed by atoms with Gasteiger partial charge in [0, 0.05) is 12.2 Å². The van der Waals surface area contributed by atoms with E-state index in [2.05, 4.69) is 26.6 Å². The summed E-state index contributed by atoms with van der Waals surface area (Å²) in [6.45, 7) is 2.54. The second-order valence-electron chi connectivity index (χ2n) is 4.58. The first-order valence-electron chi connectivity index (χ1n) is 6.45. The van der Waals surface area contributed by atoms with Crippen LogP contribution in [0.15, 0.2) is 54.6 Å². The zero-order valence-corrected chi connectivity index (χ0v) is 12.9. The van der Waals surface area contributed by atoms with Gasteiger partial charge in [-0.05, 0) is 24.6 Å². The van der Waals surface area contributed by atoms with Crippen LogP contribution in [0.25, 0.3) is 0 Å². The van der Waals surface area contributed by atoms with Crippen LogP contribution in [0, 0.1) is 6.92 Å². The number of halogens is 1. The number of anilines is 1. The van der Waals surface area contributed by atoms with E-state index in [1.54, 1.807) is 0 Å². The van der Waals surface area contributed by atoms with Gasteiger partial charge >= 0.3 is 6.03 Å². The molecule has 0 aliphatic rings. The maximum Gasteiger partial charge on any atom is 0.319 e. The second kappa shape index (κ2) is 7.10. The number of benzene rings is 2. The molecule has 2 rings (SSSR count). The van der Waals surface area contributed by atoms with Crippen molar-refractivity contribution < 1.29 is 4.79 Å². The summed E-state index contributed by atoms with van der Waals surface area (Å²) in [5.74, 6) is 0. The average molecular weight is 333 g/mol. The predicted molar refractivity (Wildman–Crippen MR) is 86.3 cm³/mol. The highest BCUT2D eigenvalue weighted by molar-refractivity contribution is 9.09. The molecule has 0 aromatic heterocycles. The van der Waals surface area contributed by atoms with Crippen molar-refractivity contribution in [2.24, 2.45) is 0 Å². The molecule has 2 amide bonds. The van der Waals surface area contributed by atoms with Crippen LogP contribution in [0.2, 0.25) is 0 Å². The van der Waals surface area contributed by atoms with Crippen LogP contribution in [0.1, 0.15) is 16.0 Å². The van der Waals surface area contributed by atoms with E-state index in [4.69, 9.17) is 0 Å². The molecule has 0 aliphatic heterocycles. The van der Waals surface area contributed by atoms with Gasteiger partial charge in [-0.1, -0.05) is 64.0 Å². The van der Waals surface area contributed by atoms with Crippen molar-refractivity contribution in [3.05, 3.63) is 65.7 Å². The lowest BCUT2D eigenvalue weighted by Crippen LogP contribution is -2.31. The number of nitrogens with one attached hydrogen (secondary N) is 2. The lowest BCUT2D eigenvalue weighted by molar-refractivity contribution is 0.252. The number of carbonyl (C=O) groups excluding carboxylic acids is 1. The number of hydrogen-bond acceptors (Lipinski definition) is 1. The molecular formula is C16H17BrN2O. The van der Waals surface area contributed by atoms with E-state index in [1.807, 2.05) is 61.5 Å². The van der Waals surface area contributed by atoms with Crippen molar-refractivity contribution in [1.29, 1.82) is 0 Å². The Kier molecular flexibility index (Phi) is 5.18. The molecule has 0 spiro atoms. The van der Waals surface area contributed by atoms with Gasteiger partial charge in [-0.25, -0.2) is 4.79 Å². The largest absolute Gasteiger partial charge is 0.336 e. The molecule has 104 valence electrons. The molecule has 1 atom stereocenters. The molecule has 3 nitrogen and oxygen atoms in total. The minimum absolute atomic E-state index is 0.104. The summed E-state index contributed by atoms with van der Waals surface area (Å²) in [5, 5.41) is 5.65. The Bertz CT molecular complexity index is 554. The van der Waals surface area contributed by atoms with Crippen LogP contribution in [0.4, 0.5) is 10.5 Å². The van der Waals surface area contributed by atoms with Crippen molar-refractivity contribution in [1.82, 2.24) is 5.32 Å². The molecule has 0 radical (unpaired) electrons. The van der Waals surface area contributed by atoms with Crippen molar-refractivity contribution >= 4 is 27.6 Å². The molecule has 0 heterocycles. The van der Waals surface area contributed by atoms with Gasteiger partial charge in [-0.2, -0.15) is 0 Å². The van der Waals surface area contributed by atoms with Gasteiger partial charge < -0.3 is 10.6 Å². The van der Waals surface area contributed by atoms with Gasteiger partial charge in [0.2, 0.25) is 0 Å². The monoisotopic (exact) mass is 332 g/mol. The number of urea groups is 1. The fourth-order valence-corrected chi connectivity index (χ4v) is 2.24. The smallest absolute Gasteiger partial charge is 0.319 e. The second-order valence-corrected chi connectivity index (χ2v) is 5.68. The number of hydrogen-bond donors (Lipinski definition) is 2. The third kappa shape index (κ3) is 4.38. The third-order valence-electron chi connectivity index (χ3n) is 2.91. The number of carbonyl (C=O) groups is 1. The van der Waals surface area contributed by atoms with Gasteiger partial charge in [-0.3, -0.25) is 0 Å². The molecule has 0 aliphatic carbocycles. The standard InChI is InChI=1S/C16H17BrN2O/c1-12-7-9-14(10-8-12)19-16(20)18-11-15(17)13-5-3-2-4-6-13/h2-10,15H,11H2,1H3,(H2,18,19,20). The normalized spacial score (nSPS) is 11.7. The van der Waals surface area contributed by atoms with Crippen LogP contribution >= 0.6 is 15.9 Å². The zero-order valence-electron chi connectivity index (χ0n) is 11.3. The number of alkyl halides is 1. The summed E-state index contributed by atoms with van der Waals surface area (Å²) in [5.41, 5.74) is 3.10. The first kappa shape index (κ1) is 14.6. The maximum absolute atomic E-state index is 11.8. The van der Waals surface area contributed by atoms with Crippen LogP contribution in [-0.4, -0.2) is 12.6 Å². The Labute approximate surface area is 127 Å². The molecule has 0 saturated carbocycles. The summed E-state index contributed by atoms with van der Waals surface area (Å²) in [4.78, 5) is 11.9. The van der Waals surface area contributed by atoms with Crippen molar-refractivity contribution in [2.45, 2.75) is 11.8 Å². The Hall–Kier alpha value is -1.81. The highest BCUT2D eigenvalue weighted by atomic mass is 79.9. The Morgan fingerprint density at radius 2 is 1.75 bits per heavy atom. The van der Waals surface area contributed by atoms with E-state index in [0.29, 0.717) is 6.54 Å². The van der Waals surface area contributed by atoms with Crippen molar-refractivity contribution in [3.8, 4) is 0 Å². The van der Waals surface area contributed by atoms with E-state index in [0.717, 1.165) is 11.3 Å². The first-order chi connectivity index (χ1) is 9.65. The van der Waals surface area contributed by atoms with E-state index < -0.39 is 0 Å². The lowest BCUT2D eigenvalue weighted by Gasteiger charge is -2.12. The lowest BCUT2D eigenvalue weighted by atomic mass is 10.1. The number of rotatable bonds is 4. The van der Waals surface area contributed by atoms with Crippen LogP contribution in [-0.2, 0) is 0 Å². The Morgan fingerprint density at radius 3 is 2.40 bits per heavy atom. The zero-order chi connectivity index (χ0) is 14.4.